The first kappa shape index (κ1) is 14.7. The van der Waals surface area contributed by atoms with E-state index >= 15 is 0 Å². The van der Waals surface area contributed by atoms with Gasteiger partial charge in [0.2, 0.25) is 0 Å². The van der Waals surface area contributed by atoms with E-state index in [1.165, 1.54) is 24.8 Å². The van der Waals surface area contributed by atoms with Crippen LogP contribution in [0, 0.1) is 11.8 Å². The summed E-state index contributed by atoms with van der Waals surface area (Å²) in [7, 11) is 0. The van der Waals surface area contributed by atoms with Crippen LogP contribution in [0.2, 0.25) is 0 Å². The van der Waals surface area contributed by atoms with E-state index in [4.69, 9.17) is 16.3 Å². The fourth-order valence-electron chi connectivity index (χ4n) is 4.45. The lowest BCUT2D eigenvalue weighted by atomic mass is 9.79. The molecule has 1 aromatic rings. The van der Waals surface area contributed by atoms with Crippen molar-refractivity contribution in [3.05, 3.63) is 35.9 Å². The molecule has 2 fully saturated rings. The largest absolute Gasteiger partial charge is 0.433 e. The molecule has 4 heteroatoms. The van der Waals surface area contributed by atoms with Gasteiger partial charge >= 0.3 is 6.09 Å². The van der Waals surface area contributed by atoms with Crippen LogP contribution in [0.15, 0.2) is 30.3 Å². The average Bonchev–Trinajstić information content (AvgIpc) is 3.10. The lowest BCUT2D eigenvalue weighted by Crippen LogP contribution is -2.46. The molecule has 0 spiro atoms. The summed E-state index contributed by atoms with van der Waals surface area (Å²) in [5.74, 6) is 1.73. The van der Waals surface area contributed by atoms with Gasteiger partial charge in [-0.25, -0.2) is 4.79 Å². The van der Waals surface area contributed by atoms with Gasteiger partial charge in [0, 0.05) is 18.5 Å². The molecule has 3 nitrogen and oxygen atoms in total. The van der Waals surface area contributed by atoms with Crippen molar-refractivity contribution in [1.29, 1.82) is 0 Å². The van der Waals surface area contributed by atoms with E-state index in [9.17, 15) is 4.79 Å². The van der Waals surface area contributed by atoms with Gasteiger partial charge in [-0.15, -0.1) is 0 Å². The number of rotatable bonds is 4. The average molecular weight is 308 g/mol. The summed E-state index contributed by atoms with van der Waals surface area (Å²) < 4.78 is 5.05. The van der Waals surface area contributed by atoms with Crippen LogP contribution < -0.4 is 0 Å². The molecule has 0 saturated heterocycles. The first-order valence-electron chi connectivity index (χ1n) is 7.80. The Bertz CT molecular complexity index is 493. The summed E-state index contributed by atoms with van der Waals surface area (Å²) >= 11 is 5.57. The molecule has 3 rings (SSSR count). The number of amides is 1. The second-order valence-electron chi connectivity index (χ2n) is 6.07. The number of alkyl halides is 1. The maximum atomic E-state index is 12.2. The van der Waals surface area contributed by atoms with Gasteiger partial charge in [-0.1, -0.05) is 41.9 Å². The topological polar surface area (TPSA) is 29.5 Å². The van der Waals surface area contributed by atoms with Crippen molar-refractivity contribution in [2.75, 3.05) is 12.6 Å². The van der Waals surface area contributed by atoms with Crippen molar-refractivity contribution in [3.8, 4) is 0 Å². The third-order valence-electron chi connectivity index (χ3n) is 5.17. The number of fused-ring (bicyclic) bond motifs is 2. The van der Waals surface area contributed by atoms with Crippen molar-refractivity contribution in [2.45, 2.75) is 38.1 Å². The van der Waals surface area contributed by atoms with Crippen molar-refractivity contribution in [2.24, 2.45) is 11.8 Å². The molecular weight excluding hydrogens is 286 g/mol. The predicted molar refractivity (Wildman–Crippen MR) is 83.4 cm³/mol. The molecule has 0 N–H and O–H groups in total. The highest BCUT2D eigenvalue weighted by Gasteiger charge is 2.51. The van der Waals surface area contributed by atoms with Crippen LogP contribution in [-0.4, -0.2) is 29.6 Å². The van der Waals surface area contributed by atoms with E-state index in [1.54, 1.807) is 0 Å². The molecule has 2 bridgehead atoms. The molecular formula is C17H22ClNO2. The van der Waals surface area contributed by atoms with Crippen LogP contribution in [0.1, 0.15) is 37.7 Å². The van der Waals surface area contributed by atoms with Gasteiger partial charge in [0.1, 0.15) is 0 Å². The lowest BCUT2D eigenvalue weighted by molar-refractivity contribution is 0.0802. The number of halogens is 1. The van der Waals surface area contributed by atoms with Gasteiger partial charge in [-0.2, -0.15) is 0 Å². The molecule has 0 radical (unpaired) electrons. The van der Waals surface area contributed by atoms with Crippen LogP contribution in [0.5, 0.6) is 0 Å². The summed E-state index contributed by atoms with van der Waals surface area (Å²) in [5, 5.41) is 0. The number of nitrogens with zero attached hydrogens (tertiary/aromatic N) is 1. The fourth-order valence-corrected chi connectivity index (χ4v) is 4.54. The Hall–Kier alpha value is -1.22. The third kappa shape index (κ3) is 2.64. The van der Waals surface area contributed by atoms with Crippen LogP contribution in [0.4, 0.5) is 4.79 Å². The Morgan fingerprint density at radius 2 is 2.00 bits per heavy atom. The van der Waals surface area contributed by atoms with Crippen molar-refractivity contribution in [3.63, 3.8) is 0 Å². The summed E-state index contributed by atoms with van der Waals surface area (Å²) in [4.78, 5) is 14.1. The summed E-state index contributed by atoms with van der Waals surface area (Å²) in [6, 6.07) is 10.8. The van der Waals surface area contributed by atoms with Crippen molar-refractivity contribution < 1.29 is 9.53 Å². The zero-order valence-electron chi connectivity index (χ0n) is 12.4. The van der Waals surface area contributed by atoms with Gasteiger partial charge < -0.3 is 9.64 Å². The van der Waals surface area contributed by atoms with Crippen LogP contribution >= 0.6 is 11.6 Å². The molecule has 21 heavy (non-hydrogen) atoms. The summed E-state index contributed by atoms with van der Waals surface area (Å²) in [6.07, 6.45) is 3.46. The first-order chi connectivity index (χ1) is 10.3. The van der Waals surface area contributed by atoms with E-state index in [0.29, 0.717) is 24.3 Å². The molecule has 0 heterocycles. The van der Waals surface area contributed by atoms with Gasteiger partial charge in [0.05, 0.1) is 0 Å². The number of carbonyl (C=O) groups excluding carboxylic acids is 1. The fraction of sp³-hybridized carbons (Fsp3) is 0.588. The van der Waals surface area contributed by atoms with Gasteiger partial charge in [0.15, 0.2) is 6.07 Å². The zero-order chi connectivity index (χ0) is 14.8. The maximum Gasteiger partial charge on any atom is 0.411 e. The first-order valence-corrected chi connectivity index (χ1v) is 8.34. The van der Waals surface area contributed by atoms with E-state index in [0.717, 1.165) is 0 Å². The number of hydrogen-bond donors (Lipinski definition) is 0. The monoisotopic (exact) mass is 307 g/mol. The summed E-state index contributed by atoms with van der Waals surface area (Å²) in [5.41, 5.74) is 1.35. The Morgan fingerprint density at radius 3 is 2.67 bits per heavy atom. The number of ether oxygens (including phenoxy) is 1. The lowest BCUT2D eigenvalue weighted by Gasteiger charge is -2.38. The standard InChI is InChI=1S/C17H22ClNO2/c1-2-19(17(20)21-11-18)16-14-9-8-13(10-14)15(16)12-6-4-3-5-7-12/h3-7,13-16H,2,8-11H2,1H3. The molecule has 0 aromatic heterocycles. The number of carbonyl (C=O) groups is 1. The molecule has 1 aromatic carbocycles. The van der Waals surface area contributed by atoms with Gasteiger partial charge in [0.25, 0.3) is 0 Å². The zero-order valence-corrected chi connectivity index (χ0v) is 13.1. The molecule has 2 aliphatic rings. The van der Waals surface area contributed by atoms with Crippen LogP contribution in [-0.2, 0) is 4.74 Å². The highest BCUT2D eigenvalue weighted by atomic mass is 35.5. The van der Waals surface area contributed by atoms with Crippen LogP contribution in [0.25, 0.3) is 0 Å². The van der Waals surface area contributed by atoms with Crippen molar-refractivity contribution >= 4 is 17.7 Å². The molecule has 0 aliphatic heterocycles. The van der Waals surface area contributed by atoms with E-state index in [1.807, 2.05) is 17.9 Å². The van der Waals surface area contributed by atoms with Gasteiger partial charge in [-0.3, -0.25) is 0 Å². The number of hydrogen-bond acceptors (Lipinski definition) is 2. The summed E-state index contributed by atoms with van der Waals surface area (Å²) in [6.45, 7) is 2.69. The smallest absolute Gasteiger partial charge is 0.411 e. The Balaban J connectivity index is 1.89. The molecule has 4 atom stereocenters. The third-order valence-corrected chi connectivity index (χ3v) is 5.28. The van der Waals surface area contributed by atoms with Crippen molar-refractivity contribution in [1.82, 2.24) is 4.90 Å². The van der Waals surface area contributed by atoms with E-state index in [-0.39, 0.29) is 18.2 Å². The minimum Gasteiger partial charge on any atom is -0.433 e. The Kier molecular flexibility index (Phi) is 4.39. The quantitative estimate of drug-likeness (QED) is 0.779. The van der Waals surface area contributed by atoms with E-state index < -0.39 is 0 Å². The number of likely N-dealkylation sites (N-methyl/N-ethyl adjacent to an activating group) is 1. The SMILES string of the molecule is CCN(C(=O)OCCl)C1C2CCC(C2)C1c1ccccc1. The van der Waals surface area contributed by atoms with E-state index in [2.05, 4.69) is 24.3 Å². The second kappa shape index (κ2) is 6.27. The highest BCUT2D eigenvalue weighted by Crippen LogP contribution is 2.54. The molecule has 2 saturated carbocycles. The minimum absolute atomic E-state index is 0.0772. The van der Waals surface area contributed by atoms with Crippen LogP contribution in [0.3, 0.4) is 0 Å². The molecule has 114 valence electrons. The predicted octanol–water partition coefficient (Wildman–Crippen LogP) is 4.22. The maximum absolute atomic E-state index is 12.2. The Morgan fingerprint density at radius 1 is 1.29 bits per heavy atom. The normalized spacial score (nSPS) is 30.4. The molecule has 1 amide bonds. The second-order valence-corrected chi connectivity index (χ2v) is 6.28. The van der Waals surface area contributed by atoms with Gasteiger partial charge in [-0.05, 0) is 43.6 Å². The molecule has 2 aliphatic carbocycles. The minimum atomic E-state index is -0.272. The number of benzene rings is 1. The highest BCUT2D eigenvalue weighted by molar-refractivity contribution is 6.17. The Labute approximate surface area is 131 Å². The molecule has 4 unspecified atom stereocenters.